The van der Waals surface area contributed by atoms with Crippen LogP contribution in [0.2, 0.25) is 0 Å². The van der Waals surface area contributed by atoms with Crippen molar-refractivity contribution in [3.05, 3.63) is 24.9 Å². The van der Waals surface area contributed by atoms with Crippen molar-refractivity contribution in [2.75, 3.05) is 11.9 Å². The van der Waals surface area contributed by atoms with Crippen LogP contribution in [-0.4, -0.2) is 28.2 Å². The lowest BCUT2D eigenvalue weighted by atomic mass is 9.92. The molecular formula is C11H16N4O. The van der Waals surface area contributed by atoms with Crippen LogP contribution in [0.15, 0.2) is 24.9 Å². The van der Waals surface area contributed by atoms with Gasteiger partial charge in [0, 0.05) is 6.07 Å². The molecule has 2 heterocycles. The maximum absolute atomic E-state index is 12.2. The van der Waals surface area contributed by atoms with Crippen molar-refractivity contribution in [1.29, 1.82) is 0 Å². The van der Waals surface area contributed by atoms with E-state index in [-0.39, 0.29) is 5.91 Å². The van der Waals surface area contributed by atoms with Crippen LogP contribution < -0.4 is 10.6 Å². The Morgan fingerprint density at radius 1 is 1.75 bits per heavy atom. The van der Waals surface area contributed by atoms with Gasteiger partial charge in [-0.25, -0.2) is 0 Å². The highest BCUT2D eigenvalue weighted by atomic mass is 16.2. The molecule has 16 heavy (non-hydrogen) atoms. The summed E-state index contributed by atoms with van der Waals surface area (Å²) in [6.07, 6.45) is 5.90. The normalized spacial score (nSPS) is 24.2. The second-order valence-corrected chi connectivity index (χ2v) is 4.03. The molecule has 2 rings (SSSR count). The van der Waals surface area contributed by atoms with Crippen molar-refractivity contribution in [2.45, 2.75) is 24.8 Å². The van der Waals surface area contributed by atoms with Gasteiger partial charge in [0.05, 0.1) is 6.20 Å². The SMILES string of the molecule is C=CCC1(C(=O)Nc2ccn[nH]2)CCCN1. The second-order valence-electron chi connectivity index (χ2n) is 4.03. The molecule has 1 saturated heterocycles. The number of hydrogen-bond acceptors (Lipinski definition) is 3. The maximum atomic E-state index is 12.2. The number of anilines is 1. The fourth-order valence-electron chi connectivity index (χ4n) is 2.08. The maximum Gasteiger partial charge on any atom is 0.246 e. The fraction of sp³-hybridized carbons (Fsp3) is 0.455. The van der Waals surface area contributed by atoms with Crippen LogP contribution in [0.3, 0.4) is 0 Å². The minimum Gasteiger partial charge on any atom is -0.309 e. The predicted molar refractivity (Wildman–Crippen MR) is 62.0 cm³/mol. The van der Waals surface area contributed by atoms with Gasteiger partial charge >= 0.3 is 0 Å². The predicted octanol–water partition coefficient (Wildman–Crippen LogP) is 1.05. The van der Waals surface area contributed by atoms with Crippen molar-refractivity contribution in [1.82, 2.24) is 15.5 Å². The monoisotopic (exact) mass is 220 g/mol. The molecule has 1 amide bonds. The Balaban J connectivity index is 2.08. The van der Waals surface area contributed by atoms with Gasteiger partial charge in [-0.15, -0.1) is 6.58 Å². The van der Waals surface area contributed by atoms with E-state index in [0.717, 1.165) is 19.4 Å². The molecule has 1 aromatic heterocycles. The number of carbonyl (C=O) groups excluding carboxylic acids is 1. The number of rotatable bonds is 4. The quantitative estimate of drug-likeness (QED) is 0.664. The van der Waals surface area contributed by atoms with Crippen molar-refractivity contribution >= 4 is 11.7 Å². The molecule has 0 radical (unpaired) electrons. The molecule has 0 spiro atoms. The lowest BCUT2D eigenvalue weighted by Gasteiger charge is -2.26. The molecule has 1 fully saturated rings. The van der Waals surface area contributed by atoms with E-state index < -0.39 is 5.54 Å². The van der Waals surface area contributed by atoms with Crippen LogP contribution in [0.4, 0.5) is 5.82 Å². The van der Waals surface area contributed by atoms with Crippen molar-refractivity contribution in [3.63, 3.8) is 0 Å². The Kier molecular flexibility index (Phi) is 3.05. The first-order valence-electron chi connectivity index (χ1n) is 5.44. The van der Waals surface area contributed by atoms with Crippen LogP contribution in [0, 0.1) is 0 Å². The molecule has 0 aromatic carbocycles. The van der Waals surface area contributed by atoms with E-state index in [9.17, 15) is 4.79 Å². The molecule has 1 unspecified atom stereocenters. The fourth-order valence-corrected chi connectivity index (χ4v) is 2.08. The topological polar surface area (TPSA) is 69.8 Å². The summed E-state index contributed by atoms with van der Waals surface area (Å²) in [4.78, 5) is 12.2. The van der Waals surface area contributed by atoms with E-state index in [2.05, 4.69) is 27.4 Å². The molecule has 1 aromatic rings. The molecule has 0 saturated carbocycles. The number of nitrogens with zero attached hydrogens (tertiary/aromatic N) is 1. The minimum atomic E-state index is -0.493. The summed E-state index contributed by atoms with van der Waals surface area (Å²) >= 11 is 0. The van der Waals surface area contributed by atoms with Gasteiger partial charge < -0.3 is 10.6 Å². The summed E-state index contributed by atoms with van der Waals surface area (Å²) in [5.74, 6) is 0.608. The minimum absolute atomic E-state index is 0.0193. The van der Waals surface area contributed by atoms with Crippen molar-refractivity contribution in [2.24, 2.45) is 0 Å². The summed E-state index contributed by atoms with van der Waals surface area (Å²) in [6.45, 7) is 4.59. The highest BCUT2D eigenvalue weighted by molar-refractivity contribution is 5.97. The van der Waals surface area contributed by atoms with E-state index >= 15 is 0 Å². The summed E-state index contributed by atoms with van der Waals surface area (Å²) in [7, 11) is 0. The second kappa shape index (κ2) is 4.49. The molecule has 0 bridgehead atoms. The molecule has 1 aliphatic heterocycles. The van der Waals surface area contributed by atoms with E-state index in [1.54, 1.807) is 18.3 Å². The largest absolute Gasteiger partial charge is 0.309 e. The number of aromatic nitrogens is 2. The molecule has 86 valence electrons. The van der Waals surface area contributed by atoms with Crippen LogP contribution in [0.1, 0.15) is 19.3 Å². The third kappa shape index (κ3) is 1.99. The number of carbonyl (C=O) groups is 1. The van der Waals surface area contributed by atoms with Gasteiger partial charge in [-0.3, -0.25) is 9.89 Å². The highest BCUT2D eigenvalue weighted by Crippen LogP contribution is 2.25. The van der Waals surface area contributed by atoms with Crippen molar-refractivity contribution in [3.8, 4) is 0 Å². The summed E-state index contributed by atoms with van der Waals surface area (Å²) in [6, 6.07) is 1.73. The van der Waals surface area contributed by atoms with Gasteiger partial charge in [-0.05, 0) is 25.8 Å². The smallest absolute Gasteiger partial charge is 0.246 e. The number of amides is 1. The van der Waals surface area contributed by atoms with Gasteiger partial charge in [0.25, 0.3) is 0 Å². The zero-order valence-corrected chi connectivity index (χ0v) is 9.12. The molecule has 5 heteroatoms. The zero-order valence-electron chi connectivity index (χ0n) is 9.12. The molecule has 1 atom stereocenters. The van der Waals surface area contributed by atoms with E-state index in [1.807, 2.05) is 0 Å². The Morgan fingerprint density at radius 2 is 2.62 bits per heavy atom. The summed E-state index contributed by atoms with van der Waals surface area (Å²) in [5.41, 5.74) is -0.493. The van der Waals surface area contributed by atoms with Crippen LogP contribution in [0.25, 0.3) is 0 Å². The summed E-state index contributed by atoms with van der Waals surface area (Å²) < 4.78 is 0. The average Bonchev–Trinajstić information content (AvgIpc) is 2.89. The van der Waals surface area contributed by atoms with E-state index in [4.69, 9.17) is 0 Å². The van der Waals surface area contributed by atoms with E-state index in [1.165, 1.54) is 0 Å². The lowest BCUT2D eigenvalue weighted by Crippen LogP contribution is -2.50. The van der Waals surface area contributed by atoms with Gasteiger partial charge in [0.2, 0.25) is 5.91 Å². The molecule has 0 aliphatic carbocycles. The third-order valence-electron chi connectivity index (χ3n) is 2.92. The van der Waals surface area contributed by atoms with Gasteiger partial charge in [0.15, 0.2) is 0 Å². The summed E-state index contributed by atoms with van der Waals surface area (Å²) in [5, 5.41) is 12.6. The Bertz CT molecular complexity index is 365. The van der Waals surface area contributed by atoms with Crippen LogP contribution in [-0.2, 0) is 4.79 Å². The zero-order chi connectivity index (χ0) is 11.4. The number of nitrogens with one attached hydrogen (secondary N) is 3. The molecule has 5 nitrogen and oxygen atoms in total. The van der Waals surface area contributed by atoms with Gasteiger partial charge in [-0.2, -0.15) is 5.10 Å². The Morgan fingerprint density at radius 3 is 3.19 bits per heavy atom. The Hall–Kier alpha value is -1.62. The number of H-pyrrole nitrogens is 1. The molecule has 1 aliphatic rings. The standard InChI is InChI=1S/C11H16N4O/c1-2-5-11(6-3-7-12-11)10(16)14-9-4-8-13-15-9/h2,4,8,12H,1,3,5-7H2,(H2,13,14,15,16). The number of hydrogen-bond donors (Lipinski definition) is 3. The Labute approximate surface area is 94.3 Å². The first-order chi connectivity index (χ1) is 7.77. The first-order valence-corrected chi connectivity index (χ1v) is 5.44. The van der Waals surface area contributed by atoms with Crippen LogP contribution >= 0.6 is 0 Å². The third-order valence-corrected chi connectivity index (χ3v) is 2.92. The molecular weight excluding hydrogens is 204 g/mol. The molecule has 3 N–H and O–H groups in total. The average molecular weight is 220 g/mol. The van der Waals surface area contributed by atoms with Crippen molar-refractivity contribution < 1.29 is 4.79 Å². The van der Waals surface area contributed by atoms with Crippen LogP contribution in [0.5, 0.6) is 0 Å². The van der Waals surface area contributed by atoms with E-state index in [0.29, 0.717) is 12.2 Å². The lowest BCUT2D eigenvalue weighted by molar-refractivity contribution is -0.121. The van der Waals surface area contributed by atoms with Gasteiger partial charge in [-0.1, -0.05) is 6.08 Å². The van der Waals surface area contributed by atoms with Gasteiger partial charge in [0.1, 0.15) is 11.4 Å². The number of aromatic amines is 1. The first kappa shape index (κ1) is 10.9. The highest BCUT2D eigenvalue weighted by Gasteiger charge is 2.39.